The molecule has 26 heavy (non-hydrogen) atoms. The molecule has 1 aliphatic heterocycles. The van der Waals surface area contributed by atoms with Gasteiger partial charge in [0.2, 0.25) is 0 Å². The quantitative estimate of drug-likeness (QED) is 0.704. The molecule has 0 aromatic heterocycles. The van der Waals surface area contributed by atoms with Crippen molar-refractivity contribution in [2.24, 2.45) is 0 Å². The van der Waals surface area contributed by atoms with Crippen molar-refractivity contribution in [3.05, 3.63) is 83.9 Å². The van der Waals surface area contributed by atoms with Crippen molar-refractivity contribution < 1.29 is 14.6 Å². The summed E-state index contributed by atoms with van der Waals surface area (Å²) in [6.45, 7) is 0.155. The lowest BCUT2D eigenvalue weighted by Crippen LogP contribution is -2.45. The first-order chi connectivity index (χ1) is 12.7. The standard InChI is InChI=1S/C22H21NO3/c23-19(13-17-11-6-10-15-7-4-5-12-18(15)17)21-20(24)14-25-22(26-21)16-8-2-1-3-9-16/h1-12,20-24H,13-14H2/t20-,21?,22-/m1/s1. The minimum Gasteiger partial charge on any atom is -0.388 e. The van der Waals surface area contributed by atoms with Crippen molar-refractivity contribution in [1.82, 2.24) is 0 Å². The lowest BCUT2D eigenvalue weighted by Gasteiger charge is -2.34. The molecular formula is C22H21NO3. The number of benzene rings is 3. The Kier molecular flexibility index (Phi) is 4.80. The third kappa shape index (κ3) is 3.40. The number of hydrogen-bond acceptors (Lipinski definition) is 4. The van der Waals surface area contributed by atoms with Crippen LogP contribution in [0.4, 0.5) is 0 Å². The molecule has 3 aromatic carbocycles. The van der Waals surface area contributed by atoms with Crippen LogP contribution >= 0.6 is 0 Å². The first-order valence-corrected chi connectivity index (χ1v) is 8.76. The second-order valence-electron chi connectivity index (χ2n) is 6.54. The summed E-state index contributed by atoms with van der Waals surface area (Å²) < 4.78 is 11.5. The summed E-state index contributed by atoms with van der Waals surface area (Å²) >= 11 is 0. The van der Waals surface area contributed by atoms with Crippen molar-refractivity contribution in [2.45, 2.75) is 24.9 Å². The van der Waals surface area contributed by atoms with Gasteiger partial charge in [-0.05, 0) is 16.3 Å². The van der Waals surface area contributed by atoms with E-state index in [2.05, 4.69) is 18.2 Å². The van der Waals surface area contributed by atoms with Crippen LogP contribution in [0.1, 0.15) is 17.4 Å². The van der Waals surface area contributed by atoms with Crippen LogP contribution in [0, 0.1) is 5.41 Å². The zero-order valence-corrected chi connectivity index (χ0v) is 14.3. The summed E-state index contributed by atoms with van der Waals surface area (Å²) in [5.74, 6) is 0. The van der Waals surface area contributed by atoms with Gasteiger partial charge in [0, 0.05) is 17.7 Å². The third-order valence-electron chi connectivity index (χ3n) is 4.71. The van der Waals surface area contributed by atoms with Crippen molar-refractivity contribution in [2.75, 3.05) is 6.61 Å². The van der Waals surface area contributed by atoms with Crippen LogP contribution in [0.3, 0.4) is 0 Å². The van der Waals surface area contributed by atoms with E-state index >= 15 is 0 Å². The van der Waals surface area contributed by atoms with Crippen LogP contribution in [0.25, 0.3) is 10.8 Å². The van der Waals surface area contributed by atoms with E-state index in [9.17, 15) is 5.11 Å². The smallest absolute Gasteiger partial charge is 0.184 e. The number of hydrogen-bond donors (Lipinski definition) is 2. The van der Waals surface area contributed by atoms with Crippen LogP contribution in [-0.4, -0.2) is 29.6 Å². The van der Waals surface area contributed by atoms with Crippen molar-refractivity contribution >= 4 is 16.5 Å². The third-order valence-corrected chi connectivity index (χ3v) is 4.71. The van der Waals surface area contributed by atoms with E-state index in [0.717, 1.165) is 21.9 Å². The average molecular weight is 347 g/mol. The van der Waals surface area contributed by atoms with E-state index in [4.69, 9.17) is 14.9 Å². The van der Waals surface area contributed by atoms with Gasteiger partial charge in [0.05, 0.1) is 6.61 Å². The van der Waals surface area contributed by atoms with E-state index in [0.29, 0.717) is 12.1 Å². The minimum absolute atomic E-state index is 0.155. The highest BCUT2D eigenvalue weighted by Crippen LogP contribution is 2.28. The summed E-state index contributed by atoms with van der Waals surface area (Å²) in [7, 11) is 0. The fraction of sp³-hybridized carbons (Fsp3) is 0.227. The fourth-order valence-corrected chi connectivity index (χ4v) is 3.39. The first kappa shape index (κ1) is 16.9. The van der Waals surface area contributed by atoms with Crippen LogP contribution in [0.2, 0.25) is 0 Å². The maximum Gasteiger partial charge on any atom is 0.184 e. The number of aliphatic hydroxyl groups is 1. The first-order valence-electron chi connectivity index (χ1n) is 8.76. The number of fused-ring (bicyclic) bond motifs is 1. The van der Waals surface area contributed by atoms with Gasteiger partial charge in [-0.2, -0.15) is 0 Å². The fourth-order valence-electron chi connectivity index (χ4n) is 3.39. The molecule has 3 aromatic rings. The molecule has 1 saturated heterocycles. The minimum atomic E-state index is -0.836. The Morgan fingerprint density at radius 2 is 1.69 bits per heavy atom. The molecule has 4 nitrogen and oxygen atoms in total. The largest absolute Gasteiger partial charge is 0.388 e. The predicted molar refractivity (Wildman–Crippen MR) is 101 cm³/mol. The zero-order chi connectivity index (χ0) is 17.9. The van der Waals surface area contributed by atoms with Crippen LogP contribution in [-0.2, 0) is 15.9 Å². The van der Waals surface area contributed by atoms with Crippen molar-refractivity contribution in [3.63, 3.8) is 0 Å². The molecule has 132 valence electrons. The number of ether oxygens (including phenoxy) is 2. The molecule has 1 heterocycles. The molecule has 4 heteroatoms. The van der Waals surface area contributed by atoms with Gasteiger partial charge < -0.3 is 20.0 Å². The molecule has 1 unspecified atom stereocenters. The van der Waals surface area contributed by atoms with Gasteiger partial charge in [0.25, 0.3) is 0 Å². The summed E-state index contributed by atoms with van der Waals surface area (Å²) in [6.07, 6.45) is -1.63. The lowest BCUT2D eigenvalue weighted by molar-refractivity contribution is -0.238. The highest BCUT2D eigenvalue weighted by Gasteiger charge is 2.34. The van der Waals surface area contributed by atoms with E-state index < -0.39 is 18.5 Å². The van der Waals surface area contributed by atoms with Gasteiger partial charge >= 0.3 is 0 Å². The Bertz CT molecular complexity index is 904. The molecule has 0 aliphatic carbocycles. The highest BCUT2D eigenvalue weighted by atomic mass is 16.7. The van der Waals surface area contributed by atoms with E-state index in [1.807, 2.05) is 54.6 Å². The Morgan fingerprint density at radius 3 is 2.54 bits per heavy atom. The van der Waals surface area contributed by atoms with Gasteiger partial charge in [-0.15, -0.1) is 0 Å². The van der Waals surface area contributed by atoms with Gasteiger partial charge in [-0.3, -0.25) is 0 Å². The Hall–Kier alpha value is -2.53. The normalized spacial score (nSPS) is 23.0. The van der Waals surface area contributed by atoms with Crippen LogP contribution < -0.4 is 0 Å². The molecule has 1 aliphatic rings. The van der Waals surface area contributed by atoms with Crippen molar-refractivity contribution in [3.8, 4) is 0 Å². The Labute approximate surface area is 152 Å². The maximum atomic E-state index is 10.3. The number of aliphatic hydroxyl groups excluding tert-OH is 1. The zero-order valence-electron chi connectivity index (χ0n) is 14.3. The Balaban J connectivity index is 1.54. The van der Waals surface area contributed by atoms with Gasteiger partial charge in [0.1, 0.15) is 12.2 Å². The number of nitrogens with one attached hydrogen (secondary N) is 1. The molecule has 4 rings (SSSR count). The van der Waals surface area contributed by atoms with Crippen molar-refractivity contribution in [1.29, 1.82) is 5.41 Å². The highest BCUT2D eigenvalue weighted by molar-refractivity contribution is 5.94. The molecule has 1 fully saturated rings. The van der Waals surface area contributed by atoms with E-state index in [1.165, 1.54) is 0 Å². The molecule has 3 atom stereocenters. The molecule has 0 amide bonds. The molecule has 0 radical (unpaired) electrons. The average Bonchev–Trinajstić information content (AvgIpc) is 2.69. The summed E-state index contributed by atoms with van der Waals surface area (Å²) in [4.78, 5) is 0. The summed E-state index contributed by atoms with van der Waals surface area (Å²) in [5, 5.41) is 21.1. The van der Waals surface area contributed by atoms with Gasteiger partial charge in [0.15, 0.2) is 6.29 Å². The van der Waals surface area contributed by atoms with Crippen LogP contribution in [0.15, 0.2) is 72.8 Å². The summed E-state index contributed by atoms with van der Waals surface area (Å²) in [6, 6.07) is 23.8. The van der Waals surface area contributed by atoms with Gasteiger partial charge in [-0.1, -0.05) is 72.8 Å². The SMILES string of the molecule is N=C(Cc1cccc2ccccc12)C1O[C@H](c2ccccc2)OC[C@H]1O. The molecule has 0 saturated carbocycles. The monoisotopic (exact) mass is 347 g/mol. The van der Waals surface area contributed by atoms with Gasteiger partial charge in [-0.25, -0.2) is 0 Å². The maximum absolute atomic E-state index is 10.3. The van der Waals surface area contributed by atoms with E-state index in [1.54, 1.807) is 0 Å². The summed E-state index contributed by atoms with van der Waals surface area (Å²) in [5.41, 5.74) is 2.31. The lowest BCUT2D eigenvalue weighted by atomic mass is 9.96. The second-order valence-corrected chi connectivity index (χ2v) is 6.54. The molecule has 0 bridgehead atoms. The number of rotatable bonds is 4. The Morgan fingerprint density at radius 1 is 0.962 bits per heavy atom. The van der Waals surface area contributed by atoms with Crippen LogP contribution in [0.5, 0.6) is 0 Å². The second kappa shape index (κ2) is 7.38. The molecular weight excluding hydrogens is 326 g/mol. The predicted octanol–water partition coefficient (Wildman–Crippen LogP) is 3.88. The molecule has 2 N–H and O–H groups in total. The molecule has 0 spiro atoms. The topological polar surface area (TPSA) is 62.5 Å². The van der Waals surface area contributed by atoms with E-state index in [-0.39, 0.29) is 6.61 Å².